The molecule has 0 atom stereocenters. The standard InChI is InChI=1S/C18H21F3N2O3S/c1-17(2,3)23-9-13-6-11(10-27(25)26)7-14(16(13)24)12-4-5-15(22-8-12)18(19,20)21/h4-8,23-24,27H,9-10H2,1-3H3. The highest BCUT2D eigenvalue weighted by Crippen LogP contribution is 2.35. The van der Waals surface area contributed by atoms with Crippen LogP contribution in [0.15, 0.2) is 30.5 Å². The Labute approximate surface area is 157 Å². The van der Waals surface area contributed by atoms with Gasteiger partial charge in [0.05, 0.1) is 5.75 Å². The van der Waals surface area contributed by atoms with E-state index < -0.39 is 22.6 Å². The molecule has 0 aliphatic heterocycles. The van der Waals surface area contributed by atoms with Gasteiger partial charge < -0.3 is 10.4 Å². The Morgan fingerprint density at radius 2 is 1.81 bits per heavy atom. The minimum Gasteiger partial charge on any atom is -0.507 e. The van der Waals surface area contributed by atoms with Crippen LogP contribution in [-0.4, -0.2) is 24.0 Å². The predicted molar refractivity (Wildman–Crippen MR) is 97.0 cm³/mol. The first kappa shape index (κ1) is 21.2. The summed E-state index contributed by atoms with van der Waals surface area (Å²) in [6, 6.07) is 5.04. The molecule has 1 aromatic carbocycles. The molecule has 27 heavy (non-hydrogen) atoms. The van der Waals surface area contributed by atoms with E-state index in [1.807, 2.05) is 20.8 Å². The Hall–Kier alpha value is -2.13. The smallest absolute Gasteiger partial charge is 0.433 e. The van der Waals surface area contributed by atoms with E-state index >= 15 is 0 Å². The third-order valence-electron chi connectivity index (χ3n) is 3.73. The maximum atomic E-state index is 12.7. The van der Waals surface area contributed by atoms with Gasteiger partial charge in [-0.3, -0.25) is 4.98 Å². The molecular weight excluding hydrogens is 381 g/mol. The van der Waals surface area contributed by atoms with Crippen molar-refractivity contribution in [2.24, 2.45) is 0 Å². The first-order valence-electron chi connectivity index (χ1n) is 8.12. The molecule has 0 aliphatic rings. The van der Waals surface area contributed by atoms with Crippen molar-refractivity contribution < 1.29 is 26.7 Å². The zero-order valence-corrected chi connectivity index (χ0v) is 16.0. The van der Waals surface area contributed by atoms with Gasteiger partial charge in [-0.2, -0.15) is 13.2 Å². The number of phenolic OH excluding ortho intramolecular Hbond substituents is 1. The zero-order valence-electron chi connectivity index (χ0n) is 15.1. The first-order valence-corrected chi connectivity index (χ1v) is 9.48. The molecule has 5 nitrogen and oxygen atoms in total. The van der Waals surface area contributed by atoms with E-state index in [9.17, 15) is 26.7 Å². The van der Waals surface area contributed by atoms with Gasteiger partial charge in [0.2, 0.25) is 0 Å². The Kier molecular flexibility index (Phi) is 6.16. The molecule has 1 aromatic heterocycles. The lowest BCUT2D eigenvalue weighted by Gasteiger charge is -2.22. The Bertz CT molecular complexity index is 878. The van der Waals surface area contributed by atoms with Crippen LogP contribution in [0.5, 0.6) is 5.75 Å². The average molecular weight is 402 g/mol. The number of alkyl halides is 3. The van der Waals surface area contributed by atoms with E-state index in [2.05, 4.69) is 10.3 Å². The number of benzene rings is 1. The molecule has 0 saturated heterocycles. The van der Waals surface area contributed by atoms with Crippen molar-refractivity contribution in [3.63, 3.8) is 0 Å². The van der Waals surface area contributed by atoms with E-state index in [0.717, 1.165) is 12.3 Å². The molecule has 0 radical (unpaired) electrons. The SMILES string of the molecule is CC(C)(C)NCc1cc(C[SH](=O)=O)cc(-c2ccc(C(F)(F)F)nc2)c1O. The van der Waals surface area contributed by atoms with Crippen LogP contribution >= 0.6 is 0 Å². The summed E-state index contributed by atoms with van der Waals surface area (Å²) in [5.74, 6) is -0.364. The molecule has 2 N–H and O–H groups in total. The fourth-order valence-electron chi connectivity index (χ4n) is 2.44. The molecule has 0 bridgehead atoms. The number of phenols is 1. The van der Waals surface area contributed by atoms with E-state index in [0.29, 0.717) is 11.1 Å². The highest BCUT2D eigenvalue weighted by atomic mass is 32.2. The minimum atomic E-state index is -4.56. The normalized spacial score (nSPS) is 12.6. The van der Waals surface area contributed by atoms with Crippen LogP contribution < -0.4 is 5.32 Å². The topological polar surface area (TPSA) is 79.3 Å². The maximum Gasteiger partial charge on any atom is 0.433 e. The van der Waals surface area contributed by atoms with Gasteiger partial charge in [0.15, 0.2) is 0 Å². The van der Waals surface area contributed by atoms with Crippen molar-refractivity contribution in [1.82, 2.24) is 10.3 Å². The first-order chi connectivity index (χ1) is 12.4. The highest BCUT2D eigenvalue weighted by Gasteiger charge is 2.32. The second-order valence-corrected chi connectivity index (χ2v) is 8.16. The summed E-state index contributed by atoms with van der Waals surface area (Å²) in [7, 11) is -2.70. The number of pyridine rings is 1. The van der Waals surface area contributed by atoms with Gasteiger partial charge in [0.25, 0.3) is 0 Å². The van der Waals surface area contributed by atoms with Gasteiger partial charge in [-0.15, -0.1) is 0 Å². The van der Waals surface area contributed by atoms with E-state index in [1.165, 1.54) is 12.1 Å². The van der Waals surface area contributed by atoms with Crippen molar-refractivity contribution in [3.05, 3.63) is 47.3 Å². The van der Waals surface area contributed by atoms with Crippen LogP contribution in [0.4, 0.5) is 13.2 Å². The van der Waals surface area contributed by atoms with Gasteiger partial charge >= 0.3 is 6.18 Å². The number of aromatic hydroxyl groups is 1. The van der Waals surface area contributed by atoms with Crippen molar-refractivity contribution in [3.8, 4) is 16.9 Å². The zero-order chi connectivity index (χ0) is 20.4. The largest absolute Gasteiger partial charge is 0.507 e. The van der Waals surface area contributed by atoms with Gasteiger partial charge in [-0.1, -0.05) is 6.07 Å². The minimum absolute atomic E-state index is 0.127. The number of hydrogen-bond acceptors (Lipinski definition) is 5. The summed E-state index contributed by atoms with van der Waals surface area (Å²) in [5, 5.41) is 13.8. The summed E-state index contributed by atoms with van der Waals surface area (Å²) >= 11 is 0. The lowest BCUT2D eigenvalue weighted by molar-refractivity contribution is -0.141. The van der Waals surface area contributed by atoms with Crippen LogP contribution in [0, 0.1) is 0 Å². The summed E-state index contributed by atoms with van der Waals surface area (Å²) < 4.78 is 60.3. The Morgan fingerprint density at radius 3 is 2.30 bits per heavy atom. The molecule has 0 aliphatic carbocycles. The van der Waals surface area contributed by atoms with E-state index in [1.54, 1.807) is 6.07 Å². The molecule has 1 heterocycles. The maximum absolute atomic E-state index is 12.7. The molecule has 0 spiro atoms. The molecule has 2 rings (SSSR count). The number of nitrogens with zero attached hydrogens (tertiary/aromatic N) is 1. The molecule has 0 amide bonds. The van der Waals surface area contributed by atoms with E-state index in [-0.39, 0.29) is 34.7 Å². The van der Waals surface area contributed by atoms with Gasteiger partial charge in [0, 0.05) is 35.0 Å². The molecule has 0 saturated carbocycles. The van der Waals surface area contributed by atoms with Crippen LogP contribution in [-0.2, 0) is 29.2 Å². The second-order valence-electron chi connectivity index (χ2n) is 7.18. The van der Waals surface area contributed by atoms with Crippen LogP contribution in [0.25, 0.3) is 11.1 Å². The molecule has 0 fully saturated rings. The van der Waals surface area contributed by atoms with Crippen molar-refractivity contribution in [2.75, 3.05) is 0 Å². The monoisotopic (exact) mass is 402 g/mol. The van der Waals surface area contributed by atoms with Crippen LogP contribution in [0.3, 0.4) is 0 Å². The third-order valence-corrected chi connectivity index (χ3v) is 4.36. The molecule has 2 aromatic rings. The number of aromatic nitrogens is 1. The Morgan fingerprint density at radius 1 is 1.15 bits per heavy atom. The van der Waals surface area contributed by atoms with Crippen molar-refractivity contribution in [1.29, 1.82) is 0 Å². The summed E-state index contributed by atoms with van der Waals surface area (Å²) in [6.07, 6.45) is -3.55. The van der Waals surface area contributed by atoms with E-state index in [4.69, 9.17) is 0 Å². The molecule has 148 valence electrons. The van der Waals surface area contributed by atoms with Crippen LogP contribution in [0.2, 0.25) is 0 Å². The fourth-order valence-corrected chi connectivity index (χ4v) is 2.92. The molecular formula is C18H21F3N2O3S. The predicted octanol–water partition coefficient (Wildman–Crippen LogP) is 3.47. The average Bonchev–Trinajstić information content (AvgIpc) is 2.53. The second kappa shape index (κ2) is 7.85. The van der Waals surface area contributed by atoms with Crippen molar-refractivity contribution >= 4 is 10.7 Å². The highest BCUT2D eigenvalue weighted by molar-refractivity contribution is 7.71. The lowest BCUT2D eigenvalue weighted by Crippen LogP contribution is -2.35. The van der Waals surface area contributed by atoms with Gasteiger partial charge in [-0.05, 0) is 44.5 Å². The number of hydrogen-bond donors (Lipinski definition) is 3. The van der Waals surface area contributed by atoms with Crippen LogP contribution in [0.1, 0.15) is 37.6 Å². The van der Waals surface area contributed by atoms with Crippen molar-refractivity contribution in [2.45, 2.75) is 44.8 Å². The third kappa shape index (κ3) is 5.93. The lowest BCUT2D eigenvalue weighted by atomic mass is 9.98. The Balaban J connectivity index is 2.50. The summed E-state index contributed by atoms with van der Waals surface area (Å²) in [6.45, 7) is 6.06. The summed E-state index contributed by atoms with van der Waals surface area (Å²) in [4.78, 5) is 3.40. The summed E-state index contributed by atoms with van der Waals surface area (Å²) in [5.41, 5.74) is 0.0944. The number of rotatable bonds is 5. The van der Waals surface area contributed by atoms with Gasteiger partial charge in [0.1, 0.15) is 22.1 Å². The number of halogens is 3. The fraction of sp³-hybridized carbons (Fsp3) is 0.389. The molecule has 9 heteroatoms. The number of nitrogens with one attached hydrogen (secondary N) is 1. The quantitative estimate of drug-likeness (QED) is 0.668. The molecule has 0 unspecified atom stereocenters. The van der Waals surface area contributed by atoms with Gasteiger partial charge in [-0.25, -0.2) is 8.42 Å². The number of thiol groups is 1.